The highest BCUT2D eigenvalue weighted by atomic mass is 35.5. The molecule has 2 aromatic carbocycles. The molecular weight excluding hydrogens is 314 g/mol. The van der Waals surface area contributed by atoms with Gasteiger partial charge in [0.15, 0.2) is 0 Å². The molecule has 1 unspecified atom stereocenters. The summed E-state index contributed by atoms with van der Waals surface area (Å²) < 4.78 is 18.8. The number of rotatable bonds is 5. The van der Waals surface area contributed by atoms with Gasteiger partial charge in [0.2, 0.25) is 0 Å². The number of nitrogens with two attached hydrogens (primary N) is 1. The van der Waals surface area contributed by atoms with Crippen molar-refractivity contribution in [1.82, 2.24) is 5.43 Å². The van der Waals surface area contributed by atoms with Crippen LogP contribution in [0.15, 0.2) is 36.4 Å². The standard InChI is InChI=1S/C15H15Cl2FN2O/c1-21-15-8-10(16)3-4-11(15)14(20-19)7-9-2-5-12(17)13(18)6-9/h2-6,8,14,20H,7,19H2,1H3. The van der Waals surface area contributed by atoms with Gasteiger partial charge in [-0.05, 0) is 36.2 Å². The Morgan fingerprint density at radius 1 is 1.24 bits per heavy atom. The van der Waals surface area contributed by atoms with Crippen molar-refractivity contribution in [3.63, 3.8) is 0 Å². The second-order valence-electron chi connectivity index (χ2n) is 4.56. The Labute approximate surface area is 132 Å². The van der Waals surface area contributed by atoms with E-state index in [1.165, 1.54) is 12.1 Å². The number of nitrogens with one attached hydrogen (secondary N) is 1. The SMILES string of the molecule is COc1cc(Cl)ccc1C(Cc1ccc(Cl)c(F)c1)NN. The van der Waals surface area contributed by atoms with Crippen LogP contribution in [0.4, 0.5) is 4.39 Å². The van der Waals surface area contributed by atoms with Crippen molar-refractivity contribution in [2.75, 3.05) is 7.11 Å². The third-order valence-electron chi connectivity index (χ3n) is 3.20. The van der Waals surface area contributed by atoms with Gasteiger partial charge in [-0.3, -0.25) is 11.3 Å². The normalized spacial score (nSPS) is 12.2. The zero-order chi connectivity index (χ0) is 15.4. The van der Waals surface area contributed by atoms with Crippen LogP contribution in [0, 0.1) is 5.82 Å². The maximum atomic E-state index is 13.5. The van der Waals surface area contributed by atoms with Crippen LogP contribution in [-0.2, 0) is 6.42 Å². The lowest BCUT2D eigenvalue weighted by molar-refractivity contribution is 0.399. The summed E-state index contributed by atoms with van der Waals surface area (Å²) in [6.45, 7) is 0. The van der Waals surface area contributed by atoms with Crippen molar-refractivity contribution >= 4 is 23.2 Å². The van der Waals surface area contributed by atoms with E-state index in [1.807, 2.05) is 6.07 Å². The first-order valence-corrected chi connectivity index (χ1v) is 7.04. The monoisotopic (exact) mass is 328 g/mol. The maximum absolute atomic E-state index is 13.5. The topological polar surface area (TPSA) is 47.3 Å². The first-order valence-electron chi connectivity index (χ1n) is 6.28. The van der Waals surface area contributed by atoms with Crippen molar-refractivity contribution in [2.45, 2.75) is 12.5 Å². The first-order chi connectivity index (χ1) is 10.0. The van der Waals surface area contributed by atoms with Gasteiger partial charge in [0, 0.05) is 10.6 Å². The first kappa shape index (κ1) is 16.0. The Morgan fingerprint density at radius 3 is 2.62 bits per heavy atom. The number of ether oxygens (including phenoxy) is 1. The molecule has 2 aromatic rings. The summed E-state index contributed by atoms with van der Waals surface area (Å²) >= 11 is 11.6. The van der Waals surface area contributed by atoms with Gasteiger partial charge in [-0.25, -0.2) is 4.39 Å². The van der Waals surface area contributed by atoms with Crippen LogP contribution in [0.25, 0.3) is 0 Å². The van der Waals surface area contributed by atoms with Gasteiger partial charge in [-0.15, -0.1) is 0 Å². The molecule has 112 valence electrons. The van der Waals surface area contributed by atoms with Gasteiger partial charge in [0.25, 0.3) is 0 Å². The Bertz CT molecular complexity index is 637. The summed E-state index contributed by atoms with van der Waals surface area (Å²) in [5.41, 5.74) is 4.34. The Hall–Kier alpha value is -1.33. The number of hydrogen-bond acceptors (Lipinski definition) is 3. The van der Waals surface area contributed by atoms with Crippen LogP contribution in [0.3, 0.4) is 0 Å². The Balaban J connectivity index is 2.29. The molecule has 0 bridgehead atoms. The second kappa shape index (κ2) is 7.09. The highest BCUT2D eigenvalue weighted by molar-refractivity contribution is 6.31. The number of methoxy groups -OCH3 is 1. The van der Waals surface area contributed by atoms with Gasteiger partial charge in [0.1, 0.15) is 11.6 Å². The molecule has 21 heavy (non-hydrogen) atoms. The average molecular weight is 329 g/mol. The van der Waals surface area contributed by atoms with Crippen molar-refractivity contribution < 1.29 is 9.13 Å². The lowest BCUT2D eigenvalue weighted by atomic mass is 9.98. The minimum Gasteiger partial charge on any atom is -0.496 e. The summed E-state index contributed by atoms with van der Waals surface area (Å²) in [6.07, 6.45) is 0.489. The van der Waals surface area contributed by atoms with Crippen molar-refractivity contribution in [2.24, 2.45) is 5.84 Å². The fourth-order valence-corrected chi connectivity index (χ4v) is 2.41. The third-order valence-corrected chi connectivity index (χ3v) is 3.74. The molecule has 3 N–H and O–H groups in total. The van der Waals surface area contributed by atoms with Gasteiger partial charge >= 0.3 is 0 Å². The van der Waals surface area contributed by atoms with Crippen molar-refractivity contribution in [3.8, 4) is 5.75 Å². The molecule has 0 aliphatic carbocycles. The molecule has 0 radical (unpaired) electrons. The lowest BCUT2D eigenvalue weighted by Gasteiger charge is -2.19. The molecule has 0 spiro atoms. The largest absolute Gasteiger partial charge is 0.496 e. The summed E-state index contributed by atoms with van der Waals surface area (Å²) in [4.78, 5) is 0. The van der Waals surface area contributed by atoms with Crippen LogP contribution in [0.5, 0.6) is 5.75 Å². The van der Waals surface area contributed by atoms with Gasteiger partial charge < -0.3 is 4.74 Å². The summed E-state index contributed by atoms with van der Waals surface area (Å²) in [5.74, 6) is 5.80. The fraction of sp³-hybridized carbons (Fsp3) is 0.200. The molecular formula is C15H15Cl2FN2O. The van der Waals surface area contributed by atoms with Crippen LogP contribution in [-0.4, -0.2) is 7.11 Å². The van der Waals surface area contributed by atoms with E-state index >= 15 is 0 Å². The molecule has 0 aliphatic heterocycles. The average Bonchev–Trinajstić information content (AvgIpc) is 2.48. The van der Waals surface area contributed by atoms with Crippen molar-refractivity contribution in [3.05, 3.63) is 63.4 Å². The zero-order valence-electron chi connectivity index (χ0n) is 11.4. The van der Waals surface area contributed by atoms with Gasteiger partial charge in [-0.1, -0.05) is 35.3 Å². The highest BCUT2D eigenvalue weighted by Crippen LogP contribution is 2.30. The molecule has 2 rings (SSSR count). The summed E-state index contributed by atoms with van der Waals surface area (Å²) in [7, 11) is 1.56. The van der Waals surface area contributed by atoms with E-state index in [9.17, 15) is 4.39 Å². The van der Waals surface area contributed by atoms with E-state index in [0.29, 0.717) is 17.2 Å². The summed E-state index contributed by atoms with van der Waals surface area (Å²) in [6, 6.07) is 9.75. The van der Waals surface area contributed by atoms with Crippen molar-refractivity contribution in [1.29, 1.82) is 0 Å². The molecule has 0 fully saturated rings. The second-order valence-corrected chi connectivity index (χ2v) is 5.40. The molecule has 0 aromatic heterocycles. The minimum absolute atomic E-state index is 0.0973. The van der Waals surface area contributed by atoms with E-state index < -0.39 is 5.82 Å². The molecule has 0 heterocycles. The maximum Gasteiger partial charge on any atom is 0.142 e. The molecule has 3 nitrogen and oxygen atoms in total. The highest BCUT2D eigenvalue weighted by Gasteiger charge is 2.16. The van der Waals surface area contributed by atoms with Crippen LogP contribution >= 0.6 is 23.2 Å². The third kappa shape index (κ3) is 3.86. The lowest BCUT2D eigenvalue weighted by Crippen LogP contribution is -2.30. The van der Waals surface area contributed by atoms with E-state index in [0.717, 1.165) is 11.1 Å². The molecule has 0 amide bonds. The predicted molar refractivity (Wildman–Crippen MR) is 83.2 cm³/mol. The number of hydrogen-bond donors (Lipinski definition) is 2. The molecule has 0 saturated heterocycles. The fourth-order valence-electron chi connectivity index (χ4n) is 2.13. The smallest absolute Gasteiger partial charge is 0.142 e. The van der Waals surface area contributed by atoms with E-state index in [-0.39, 0.29) is 11.1 Å². The molecule has 0 saturated carbocycles. The van der Waals surface area contributed by atoms with Gasteiger partial charge in [-0.2, -0.15) is 0 Å². The quantitative estimate of drug-likeness (QED) is 0.646. The minimum atomic E-state index is -0.451. The molecule has 6 heteroatoms. The van der Waals surface area contributed by atoms with Crippen LogP contribution in [0.1, 0.15) is 17.2 Å². The van der Waals surface area contributed by atoms with Gasteiger partial charge in [0.05, 0.1) is 18.2 Å². The Morgan fingerprint density at radius 2 is 2.00 bits per heavy atom. The number of hydrazine groups is 1. The predicted octanol–water partition coefficient (Wildman–Crippen LogP) is 3.89. The van der Waals surface area contributed by atoms with Crippen LogP contribution in [0.2, 0.25) is 10.0 Å². The zero-order valence-corrected chi connectivity index (χ0v) is 12.9. The molecule has 0 aliphatic rings. The molecule has 1 atom stereocenters. The van der Waals surface area contributed by atoms with Crippen LogP contribution < -0.4 is 16.0 Å². The van der Waals surface area contributed by atoms with E-state index in [1.54, 1.807) is 25.3 Å². The van der Waals surface area contributed by atoms with E-state index in [2.05, 4.69) is 5.43 Å². The Kier molecular flexibility index (Phi) is 5.42. The van der Waals surface area contributed by atoms with E-state index in [4.69, 9.17) is 33.8 Å². The number of halogens is 3. The summed E-state index contributed by atoms with van der Waals surface area (Å²) in [5, 5.41) is 0.670. The number of benzene rings is 2.